The number of aliphatic hydroxyl groups excluding tert-OH is 1. The van der Waals surface area contributed by atoms with E-state index in [1.165, 1.54) is 0 Å². The minimum atomic E-state index is -1.60. The molecule has 0 aromatic carbocycles. The summed E-state index contributed by atoms with van der Waals surface area (Å²) in [7, 11) is 0. The Morgan fingerprint density at radius 3 is 2.73 bits per heavy atom. The zero-order valence-corrected chi connectivity index (χ0v) is 15.2. The molecule has 0 bridgehead atoms. The predicted molar refractivity (Wildman–Crippen MR) is 93.8 cm³/mol. The van der Waals surface area contributed by atoms with Gasteiger partial charge in [0.15, 0.2) is 0 Å². The third-order valence-corrected chi connectivity index (χ3v) is 5.84. The molecule has 2 N–H and O–H groups in total. The Labute approximate surface area is 152 Å². The molecule has 6 nitrogen and oxygen atoms in total. The Hall–Kier alpha value is -2.18. The van der Waals surface area contributed by atoms with Crippen molar-refractivity contribution in [1.82, 2.24) is 0 Å². The van der Waals surface area contributed by atoms with E-state index >= 15 is 0 Å². The van der Waals surface area contributed by atoms with Crippen LogP contribution in [0.15, 0.2) is 47.6 Å². The van der Waals surface area contributed by atoms with Crippen molar-refractivity contribution in [2.45, 2.75) is 51.1 Å². The lowest BCUT2D eigenvalue weighted by Gasteiger charge is -2.38. The molecule has 2 fully saturated rings. The molecule has 0 aromatic heterocycles. The number of carbonyl (C=O) groups excluding carboxylic acids is 2. The highest BCUT2D eigenvalue weighted by molar-refractivity contribution is 5.92. The quantitative estimate of drug-likeness (QED) is 0.441. The van der Waals surface area contributed by atoms with Gasteiger partial charge in [0.05, 0.1) is 12.0 Å². The smallest absolute Gasteiger partial charge is 0.334 e. The number of carbonyl (C=O) groups is 2. The molecule has 6 heteroatoms. The number of allylic oxidation sites excluding steroid dienone is 1. The number of fused-ring (bicyclic) bond motifs is 3. The van der Waals surface area contributed by atoms with E-state index in [2.05, 4.69) is 13.2 Å². The Kier molecular flexibility index (Phi) is 4.45. The molecule has 3 aliphatic rings. The van der Waals surface area contributed by atoms with Crippen LogP contribution in [0.1, 0.15) is 27.2 Å². The minimum Gasteiger partial charge on any atom is -0.458 e. The summed E-state index contributed by atoms with van der Waals surface area (Å²) in [5, 5.41) is 21.9. The Bertz CT molecular complexity index is 760. The molecule has 6 atom stereocenters. The first kappa shape index (κ1) is 18.6. The van der Waals surface area contributed by atoms with Crippen LogP contribution < -0.4 is 0 Å². The minimum absolute atomic E-state index is 0.155. The summed E-state index contributed by atoms with van der Waals surface area (Å²) in [6.07, 6.45) is 0.679. The van der Waals surface area contributed by atoms with Gasteiger partial charge in [-0.05, 0) is 26.3 Å². The maximum absolute atomic E-state index is 12.3. The molecular weight excluding hydrogens is 336 g/mol. The molecule has 1 aliphatic heterocycles. The van der Waals surface area contributed by atoms with Gasteiger partial charge in [-0.25, -0.2) is 9.59 Å². The Morgan fingerprint density at radius 1 is 1.46 bits per heavy atom. The molecule has 26 heavy (non-hydrogen) atoms. The van der Waals surface area contributed by atoms with Crippen molar-refractivity contribution in [2.75, 3.05) is 0 Å². The summed E-state index contributed by atoms with van der Waals surface area (Å²) in [5.74, 6) is -2.59. The molecule has 0 radical (unpaired) electrons. The molecule has 1 heterocycles. The van der Waals surface area contributed by atoms with Crippen LogP contribution in [0.3, 0.4) is 0 Å². The molecule has 6 unspecified atom stereocenters. The van der Waals surface area contributed by atoms with Crippen LogP contribution >= 0.6 is 0 Å². The summed E-state index contributed by atoms with van der Waals surface area (Å²) < 4.78 is 11.1. The van der Waals surface area contributed by atoms with E-state index in [0.717, 1.165) is 0 Å². The molecule has 2 aliphatic carbocycles. The van der Waals surface area contributed by atoms with Crippen LogP contribution in [0.5, 0.6) is 0 Å². The molecule has 0 aromatic rings. The van der Waals surface area contributed by atoms with Gasteiger partial charge in [0.25, 0.3) is 0 Å². The summed E-state index contributed by atoms with van der Waals surface area (Å²) in [5.41, 5.74) is 0.0318. The second kappa shape index (κ2) is 6.21. The van der Waals surface area contributed by atoms with Crippen molar-refractivity contribution >= 4 is 11.9 Å². The monoisotopic (exact) mass is 360 g/mol. The maximum Gasteiger partial charge on any atom is 0.334 e. The topological polar surface area (TPSA) is 93.1 Å². The van der Waals surface area contributed by atoms with Crippen molar-refractivity contribution in [2.24, 2.45) is 11.8 Å². The fourth-order valence-electron chi connectivity index (χ4n) is 4.29. The first-order valence-corrected chi connectivity index (χ1v) is 8.63. The Balaban J connectivity index is 2.06. The third-order valence-electron chi connectivity index (χ3n) is 5.84. The predicted octanol–water partition coefficient (Wildman–Crippen LogP) is 1.59. The number of hydrogen-bond acceptors (Lipinski definition) is 6. The zero-order chi connectivity index (χ0) is 19.4. The number of aliphatic hydroxyl groups is 2. The molecule has 1 saturated heterocycles. The van der Waals surface area contributed by atoms with Crippen LogP contribution in [0.25, 0.3) is 0 Å². The molecular formula is C20H24O6. The van der Waals surface area contributed by atoms with Crippen LogP contribution in [-0.2, 0) is 19.1 Å². The summed E-state index contributed by atoms with van der Waals surface area (Å²) in [6.45, 7) is 12.8. The van der Waals surface area contributed by atoms with Crippen LogP contribution in [0.4, 0.5) is 0 Å². The molecule has 3 rings (SSSR count). The van der Waals surface area contributed by atoms with E-state index < -0.39 is 47.7 Å². The van der Waals surface area contributed by atoms with Gasteiger partial charge in [0.2, 0.25) is 0 Å². The van der Waals surface area contributed by atoms with Gasteiger partial charge in [-0.3, -0.25) is 0 Å². The number of rotatable bonds is 2. The maximum atomic E-state index is 12.3. The highest BCUT2D eigenvalue weighted by Gasteiger charge is 2.64. The normalized spacial score (nSPS) is 39.7. The molecule has 0 amide bonds. The van der Waals surface area contributed by atoms with Crippen LogP contribution in [-0.4, -0.2) is 46.1 Å². The average Bonchev–Trinajstić information content (AvgIpc) is 2.96. The standard InChI is InChI=1S/C20H24O6/c1-6-9(2)18(22)25-14-7-10(3)16-13(21)8-11(4)20(16,24)17-15(14)12(5)19(23)26-17/h6,8,13-17,21,24H,3,5,7H2,1-2,4H3. The third kappa shape index (κ3) is 2.47. The first-order chi connectivity index (χ1) is 12.1. The van der Waals surface area contributed by atoms with Gasteiger partial charge in [0, 0.05) is 23.5 Å². The largest absolute Gasteiger partial charge is 0.458 e. The van der Waals surface area contributed by atoms with E-state index in [0.29, 0.717) is 16.7 Å². The van der Waals surface area contributed by atoms with Crippen molar-refractivity contribution in [3.8, 4) is 0 Å². The van der Waals surface area contributed by atoms with Gasteiger partial charge < -0.3 is 19.7 Å². The summed E-state index contributed by atoms with van der Waals surface area (Å²) in [6, 6.07) is 0. The van der Waals surface area contributed by atoms with Crippen molar-refractivity contribution < 1.29 is 29.3 Å². The lowest BCUT2D eigenvalue weighted by molar-refractivity contribution is -0.159. The average molecular weight is 360 g/mol. The van der Waals surface area contributed by atoms with E-state index in [-0.39, 0.29) is 12.0 Å². The Morgan fingerprint density at radius 2 is 2.12 bits per heavy atom. The SMILES string of the molecule is C=C1C(=O)OC2C1C(OC(=O)C(C)=CC)CC(=C)C1C(O)C=C(C)C21O. The van der Waals surface area contributed by atoms with Gasteiger partial charge in [-0.1, -0.05) is 30.9 Å². The number of hydrogen-bond donors (Lipinski definition) is 2. The van der Waals surface area contributed by atoms with Gasteiger partial charge >= 0.3 is 11.9 Å². The fourth-order valence-corrected chi connectivity index (χ4v) is 4.29. The van der Waals surface area contributed by atoms with E-state index in [4.69, 9.17) is 9.47 Å². The van der Waals surface area contributed by atoms with Crippen molar-refractivity contribution in [3.63, 3.8) is 0 Å². The second-order valence-corrected chi connectivity index (χ2v) is 7.30. The van der Waals surface area contributed by atoms with E-state index in [1.54, 1.807) is 32.9 Å². The second-order valence-electron chi connectivity index (χ2n) is 7.30. The lowest BCUT2D eigenvalue weighted by atomic mass is 9.75. The van der Waals surface area contributed by atoms with Gasteiger partial charge in [-0.2, -0.15) is 0 Å². The summed E-state index contributed by atoms with van der Waals surface area (Å²) in [4.78, 5) is 24.5. The highest BCUT2D eigenvalue weighted by atomic mass is 16.6. The van der Waals surface area contributed by atoms with Crippen molar-refractivity contribution in [1.29, 1.82) is 0 Å². The van der Waals surface area contributed by atoms with Crippen LogP contribution in [0.2, 0.25) is 0 Å². The van der Waals surface area contributed by atoms with Gasteiger partial charge in [0.1, 0.15) is 17.8 Å². The molecule has 1 saturated carbocycles. The number of ether oxygens (including phenoxy) is 2. The zero-order valence-electron chi connectivity index (χ0n) is 15.2. The van der Waals surface area contributed by atoms with E-state index in [1.807, 2.05) is 0 Å². The van der Waals surface area contributed by atoms with Gasteiger partial charge in [-0.15, -0.1) is 0 Å². The van der Waals surface area contributed by atoms with Crippen LogP contribution in [0, 0.1) is 11.8 Å². The summed E-state index contributed by atoms with van der Waals surface area (Å²) >= 11 is 0. The number of esters is 2. The van der Waals surface area contributed by atoms with Crippen molar-refractivity contribution in [3.05, 3.63) is 47.6 Å². The van der Waals surface area contributed by atoms with E-state index in [9.17, 15) is 19.8 Å². The molecule has 140 valence electrons. The highest BCUT2D eigenvalue weighted by Crippen LogP contribution is 2.53. The lowest BCUT2D eigenvalue weighted by Crippen LogP contribution is -2.52. The fraction of sp³-hybridized carbons (Fsp3) is 0.500. The molecule has 0 spiro atoms. The first-order valence-electron chi connectivity index (χ1n) is 8.63.